The molecule has 1 saturated heterocycles. The number of carbonyl (C=O) groups excluding carboxylic acids is 1. The van der Waals surface area contributed by atoms with Gasteiger partial charge in [-0.25, -0.2) is 14.8 Å². The fourth-order valence-corrected chi connectivity index (χ4v) is 7.25. The fraction of sp³-hybridized carbons (Fsp3) is 0.297. The van der Waals surface area contributed by atoms with Crippen LogP contribution in [0.25, 0.3) is 10.2 Å². The Morgan fingerprint density at radius 2 is 1.71 bits per heavy atom. The molecule has 1 amide bonds. The number of carboxylic acid groups (broad SMARTS) is 1. The number of aryl methyl sites for hydroxylation is 1. The number of ether oxygens (including phenoxy) is 1. The summed E-state index contributed by atoms with van der Waals surface area (Å²) in [6.07, 6.45) is 1.91. The number of nitrogens with zero attached hydrogens (tertiary/aromatic N) is 5. The summed E-state index contributed by atoms with van der Waals surface area (Å²) in [6.45, 7) is 5.75. The lowest BCUT2D eigenvalue weighted by molar-refractivity contribution is 0.0689. The van der Waals surface area contributed by atoms with Gasteiger partial charge in [0, 0.05) is 50.5 Å². The van der Waals surface area contributed by atoms with E-state index in [0.717, 1.165) is 59.7 Å². The number of nitrogens with one attached hydrogen (secondary N) is 1. The summed E-state index contributed by atoms with van der Waals surface area (Å²) < 4.78 is 7.00. The van der Waals surface area contributed by atoms with Crippen molar-refractivity contribution in [3.63, 3.8) is 0 Å². The highest BCUT2D eigenvalue weighted by molar-refractivity contribution is 7.22. The summed E-state index contributed by atoms with van der Waals surface area (Å²) in [5, 5.41) is 13.6. The van der Waals surface area contributed by atoms with Crippen LogP contribution < -0.4 is 19.9 Å². The second-order valence-electron chi connectivity index (χ2n) is 12.3. The standard InChI is InChI=1S/C37H38N6O4S/c1-41-19-21-42(22-20-41)27-12-14-28(15-13-27)47-23-5-7-26-11-16-33(39-34(26)36(45)46)43-18-17-25-6-4-8-29(30(25)24-43)35(44)40-37-38-31-9-2-3-10-32(31)48-37/h2-4,6,8-16H,5,7,17-24H2,1H3,(H,45,46)(H,38,40,44). The van der Waals surface area contributed by atoms with Gasteiger partial charge in [0.15, 0.2) is 10.8 Å². The molecular weight excluding hydrogens is 625 g/mol. The summed E-state index contributed by atoms with van der Waals surface area (Å²) in [5.74, 6) is 0.120. The maximum atomic E-state index is 13.4. The third-order valence-corrected chi connectivity index (χ3v) is 10.0. The van der Waals surface area contributed by atoms with E-state index in [0.29, 0.717) is 54.6 Å². The maximum Gasteiger partial charge on any atom is 0.354 e. The van der Waals surface area contributed by atoms with Gasteiger partial charge in [-0.3, -0.25) is 10.1 Å². The second kappa shape index (κ2) is 14.0. The summed E-state index contributed by atoms with van der Waals surface area (Å²) in [4.78, 5) is 41.6. The van der Waals surface area contributed by atoms with Gasteiger partial charge < -0.3 is 24.5 Å². The molecule has 48 heavy (non-hydrogen) atoms. The van der Waals surface area contributed by atoms with Crippen LogP contribution in [-0.2, 0) is 19.4 Å². The number of carboxylic acids is 1. The first-order valence-corrected chi connectivity index (χ1v) is 17.1. The van der Waals surface area contributed by atoms with Crippen molar-refractivity contribution in [1.29, 1.82) is 0 Å². The highest BCUT2D eigenvalue weighted by atomic mass is 32.1. The number of amides is 1. The quantitative estimate of drug-likeness (QED) is 0.175. The molecule has 0 atom stereocenters. The van der Waals surface area contributed by atoms with Gasteiger partial charge in [0.1, 0.15) is 11.6 Å². The molecule has 10 nitrogen and oxygen atoms in total. The lowest BCUT2D eigenvalue weighted by Crippen LogP contribution is -2.44. The number of carbonyl (C=O) groups is 2. The Morgan fingerprint density at radius 3 is 2.50 bits per heavy atom. The maximum absolute atomic E-state index is 13.4. The van der Waals surface area contributed by atoms with Gasteiger partial charge in [-0.2, -0.15) is 0 Å². The lowest BCUT2D eigenvalue weighted by atomic mass is 9.94. The zero-order valence-electron chi connectivity index (χ0n) is 26.9. The largest absolute Gasteiger partial charge is 0.494 e. The number of aromatic nitrogens is 2. The number of hydrogen-bond donors (Lipinski definition) is 2. The molecular formula is C37H38N6O4S. The number of rotatable bonds is 10. The van der Waals surface area contributed by atoms with E-state index in [9.17, 15) is 14.7 Å². The van der Waals surface area contributed by atoms with E-state index in [2.05, 4.69) is 44.3 Å². The van der Waals surface area contributed by atoms with E-state index in [4.69, 9.17) is 4.74 Å². The monoisotopic (exact) mass is 662 g/mol. The molecule has 4 heterocycles. The SMILES string of the molecule is CN1CCN(c2ccc(OCCCc3ccc(N4CCc5cccc(C(=O)Nc6nc7ccccc7s6)c5C4)nc3C(=O)O)cc2)CC1. The number of pyridine rings is 1. The zero-order valence-corrected chi connectivity index (χ0v) is 27.7. The first-order chi connectivity index (χ1) is 23.4. The molecule has 11 heteroatoms. The van der Waals surface area contributed by atoms with Crippen molar-refractivity contribution >= 4 is 50.1 Å². The number of aromatic carboxylic acids is 1. The van der Waals surface area contributed by atoms with Gasteiger partial charge in [0.2, 0.25) is 0 Å². The number of benzene rings is 3. The molecule has 5 aromatic rings. The minimum Gasteiger partial charge on any atom is -0.494 e. The van der Waals surface area contributed by atoms with Crippen LogP contribution >= 0.6 is 11.3 Å². The third-order valence-electron chi connectivity index (χ3n) is 9.09. The van der Waals surface area contributed by atoms with Crippen molar-refractivity contribution in [1.82, 2.24) is 14.9 Å². The van der Waals surface area contributed by atoms with E-state index >= 15 is 0 Å². The van der Waals surface area contributed by atoms with E-state index < -0.39 is 5.97 Å². The van der Waals surface area contributed by atoms with E-state index in [1.54, 1.807) is 0 Å². The normalized spacial score (nSPS) is 14.9. The third kappa shape index (κ3) is 6.97. The summed E-state index contributed by atoms with van der Waals surface area (Å²) in [5.41, 5.74) is 5.38. The van der Waals surface area contributed by atoms with Crippen LogP contribution in [0.5, 0.6) is 5.75 Å². The summed E-state index contributed by atoms with van der Waals surface area (Å²) >= 11 is 1.44. The van der Waals surface area contributed by atoms with Crippen LogP contribution in [0.1, 0.15) is 44.0 Å². The molecule has 2 aliphatic heterocycles. The second-order valence-corrected chi connectivity index (χ2v) is 13.3. The molecule has 7 rings (SSSR count). The van der Waals surface area contributed by atoms with E-state index in [1.807, 2.05) is 71.6 Å². The van der Waals surface area contributed by atoms with Crippen molar-refractivity contribution in [2.75, 3.05) is 61.5 Å². The first kappa shape index (κ1) is 31.6. The summed E-state index contributed by atoms with van der Waals surface area (Å²) in [6, 6.07) is 25.5. The molecule has 246 valence electrons. The molecule has 0 aliphatic carbocycles. The van der Waals surface area contributed by atoms with Crippen molar-refractivity contribution in [3.05, 3.63) is 107 Å². The number of anilines is 3. The molecule has 0 unspecified atom stereocenters. The van der Waals surface area contributed by atoms with Gasteiger partial charge in [-0.05, 0) is 91.5 Å². The van der Waals surface area contributed by atoms with Gasteiger partial charge in [0.25, 0.3) is 5.91 Å². The van der Waals surface area contributed by atoms with Crippen LogP contribution in [-0.4, -0.2) is 78.2 Å². The predicted molar refractivity (Wildman–Crippen MR) is 190 cm³/mol. The topological polar surface area (TPSA) is 111 Å². The molecule has 2 aliphatic rings. The fourth-order valence-electron chi connectivity index (χ4n) is 6.39. The Morgan fingerprint density at radius 1 is 0.896 bits per heavy atom. The Bertz CT molecular complexity index is 1900. The van der Waals surface area contributed by atoms with Crippen molar-refractivity contribution < 1.29 is 19.4 Å². The van der Waals surface area contributed by atoms with Crippen LogP contribution in [0.2, 0.25) is 0 Å². The Hall–Kier alpha value is -5.00. The molecule has 0 bridgehead atoms. The van der Waals surface area contributed by atoms with E-state index in [-0.39, 0.29) is 11.6 Å². The molecule has 3 aromatic carbocycles. The number of thiazole rings is 1. The number of para-hydroxylation sites is 1. The Kier molecular flexibility index (Phi) is 9.22. The number of likely N-dealkylation sites (N-methyl/N-ethyl adjacent to an activating group) is 1. The van der Waals surface area contributed by atoms with Gasteiger partial charge in [-0.1, -0.05) is 41.7 Å². The minimum atomic E-state index is -1.06. The van der Waals surface area contributed by atoms with Crippen molar-refractivity contribution in [3.8, 4) is 5.75 Å². The molecule has 0 spiro atoms. The average Bonchev–Trinajstić information content (AvgIpc) is 3.52. The van der Waals surface area contributed by atoms with Gasteiger partial charge in [0.05, 0.1) is 16.8 Å². The van der Waals surface area contributed by atoms with Crippen molar-refractivity contribution in [2.24, 2.45) is 0 Å². The van der Waals surface area contributed by atoms with Crippen molar-refractivity contribution in [2.45, 2.75) is 25.8 Å². The molecule has 0 saturated carbocycles. The number of fused-ring (bicyclic) bond motifs is 2. The predicted octanol–water partition coefficient (Wildman–Crippen LogP) is 5.97. The van der Waals surface area contributed by atoms with Crippen LogP contribution in [0.15, 0.2) is 78.9 Å². The first-order valence-electron chi connectivity index (χ1n) is 16.3. The molecule has 0 radical (unpaired) electrons. The molecule has 2 N–H and O–H groups in total. The highest BCUT2D eigenvalue weighted by Gasteiger charge is 2.25. The van der Waals surface area contributed by atoms with Crippen LogP contribution in [0.3, 0.4) is 0 Å². The van der Waals surface area contributed by atoms with Gasteiger partial charge >= 0.3 is 5.97 Å². The molecule has 2 aromatic heterocycles. The average molecular weight is 663 g/mol. The van der Waals surface area contributed by atoms with Gasteiger partial charge in [-0.15, -0.1) is 0 Å². The minimum absolute atomic E-state index is 0.0525. The van der Waals surface area contributed by atoms with Crippen LogP contribution in [0.4, 0.5) is 16.6 Å². The smallest absolute Gasteiger partial charge is 0.354 e. The Labute approximate surface area is 283 Å². The Balaban J connectivity index is 0.980. The summed E-state index contributed by atoms with van der Waals surface area (Å²) in [7, 11) is 2.15. The zero-order chi connectivity index (χ0) is 33.0. The number of piperazine rings is 1. The highest BCUT2D eigenvalue weighted by Crippen LogP contribution is 2.30. The number of hydrogen-bond acceptors (Lipinski definition) is 9. The lowest BCUT2D eigenvalue weighted by Gasteiger charge is -2.34. The molecule has 1 fully saturated rings. The van der Waals surface area contributed by atoms with Crippen LogP contribution in [0, 0.1) is 0 Å². The van der Waals surface area contributed by atoms with E-state index in [1.165, 1.54) is 17.0 Å².